The molecule has 4 N–H and O–H groups in total. The van der Waals surface area contributed by atoms with Gasteiger partial charge in [0.15, 0.2) is 5.75 Å². The molecule has 2 saturated heterocycles. The third-order valence-electron chi connectivity index (χ3n) is 15.2. The van der Waals surface area contributed by atoms with Gasteiger partial charge in [0.2, 0.25) is 0 Å². The summed E-state index contributed by atoms with van der Waals surface area (Å²) in [6, 6.07) is 19.2. The van der Waals surface area contributed by atoms with Gasteiger partial charge in [-0.2, -0.15) is 4.98 Å². The molecule has 5 aromatic rings. The molecule has 4 heterocycles. The lowest BCUT2D eigenvalue weighted by Gasteiger charge is -2.57. The number of piperidine rings is 1. The van der Waals surface area contributed by atoms with E-state index in [9.17, 15) is 32.8 Å². The quantitative estimate of drug-likeness (QED) is 0.0391. The maximum Gasteiger partial charge on any atom is 0.293 e. The first-order valence-electron chi connectivity index (χ1n) is 24.5. The average Bonchev–Trinajstić information content (AvgIpc) is 3.96. The molecule has 70 heavy (non-hydrogen) atoms. The molecule has 4 aliphatic rings. The van der Waals surface area contributed by atoms with Crippen LogP contribution < -0.4 is 24.4 Å². The molecule has 2 saturated carbocycles. The summed E-state index contributed by atoms with van der Waals surface area (Å²) < 4.78 is 62.4. The van der Waals surface area contributed by atoms with Crippen molar-refractivity contribution in [2.24, 2.45) is 11.3 Å². The van der Waals surface area contributed by atoms with Gasteiger partial charge < -0.3 is 34.5 Å². The second kappa shape index (κ2) is 20.1. The molecule has 16 nitrogen and oxygen atoms in total. The van der Waals surface area contributed by atoms with Crippen LogP contribution in [0.3, 0.4) is 0 Å². The molecule has 3 aromatic carbocycles. The second-order valence-corrected chi connectivity index (χ2v) is 22.1. The van der Waals surface area contributed by atoms with Crippen molar-refractivity contribution >= 4 is 44.0 Å². The van der Waals surface area contributed by atoms with Crippen molar-refractivity contribution in [3.63, 3.8) is 0 Å². The van der Waals surface area contributed by atoms with E-state index in [0.29, 0.717) is 37.3 Å². The predicted molar refractivity (Wildman–Crippen MR) is 265 cm³/mol. The smallest absolute Gasteiger partial charge is 0.293 e. The van der Waals surface area contributed by atoms with E-state index in [-0.39, 0.29) is 64.2 Å². The average molecular weight is 982 g/mol. The molecule has 2 aliphatic carbocycles. The number of hydrogen-bond acceptors (Lipinski definition) is 13. The van der Waals surface area contributed by atoms with Crippen molar-refractivity contribution in [2.75, 3.05) is 63.3 Å². The number of nitrogens with one attached hydrogen (secondary N) is 3. The molecule has 4 fully saturated rings. The molecular weight excluding hydrogens is 918 g/mol. The number of pyridine rings is 1. The lowest BCUT2D eigenvalue weighted by Crippen LogP contribution is -2.63. The number of aliphatic hydroxyl groups is 1. The van der Waals surface area contributed by atoms with Crippen LogP contribution in [0.1, 0.15) is 112 Å². The van der Waals surface area contributed by atoms with E-state index >= 15 is 0 Å². The highest BCUT2D eigenvalue weighted by molar-refractivity contribution is 7.90. The summed E-state index contributed by atoms with van der Waals surface area (Å²) in [4.78, 5) is 37.5. The zero-order valence-corrected chi connectivity index (χ0v) is 41.2. The molecule has 0 radical (unpaired) electrons. The van der Waals surface area contributed by atoms with E-state index in [1.807, 2.05) is 0 Å². The van der Waals surface area contributed by atoms with Crippen LogP contribution in [0.4, 0.5) is 21.5 Å². The first-order valence-corrected chi connectivity index (χ1v) is 26.0. The fraction of sp³-hybridized carbons (Fsp3) is 0.500. The van der Waals surface area contributed by atoms with Crippen molar-refractivity contribution in [1.82, 2.24) is 19.6 Å². The number of rotatable bonds is 17. The maximum atomic E-state index is 15.0. The highest BCUT2D eigenvalue weighted by Gasteiger charge is 2.49. The fourth-order valence-electron chi connectivity index (χ4n) is 11.2. The number of carbonyl (C=O) groups is 1. The zero-order chi connectivity index (χ0) is 49.4. The number of H-pyrrole nitrogens is 1. The molecule has 1 amide bonds. The normalized spacial score (nSPS) is 22.6. The van der Waals surface area contributed by atoms with Crippen molar-refractivity contribution in [2.45, 2.75) is 107 Å². The number of halogens is 1. The van der Waals surface area contributed by atoms with Crippen molar-refractivity contribution in [3.05, 3.63) is 106 Å². The highest BCUT2D eigenvalue weighted by Crippen LogP contribution is 2.49. The van der Waals surface area contributed by atoms with Gasteiger partial charge in [0.25, 0.3) is 27.5 Å². The van der Waals surface area contributed by atoms with Gasteiger partial charge in [0, 0.05) is 76.0 Å². The Morgan fingerprint density at radius 1 is 1.00 bits per heavy atom. The Hall–Kier alpha value is -5.82. The minimum atomic E-state index is -4.68. The summed E-state index contributed by atoms with van der Waals surface area (Å²) in [5.41, 5.74) is 2.86. The Kier molecular flexibility index (Phi) is 14.1. The molecule has 1 spiro atoms. The Bertz CT molecular complexity index is 2830. The number of benzene rings is 3. The van der Waals surface area contributed by atoms with Crippen LogP contribution in [0.25, 0.3) is 11.0 Å². The SMILES string of the molecule is COCCOc1nc2[nH]cc(F)c2cc1Oc1cc(N2CCC3(CC2)CN([C@H]2CCC[C@H]2c2ccccc2C(C)C)C3)ccc1C(=O)NS(=O)(=O)c1ccc(NC[C@H]2CC[C@](C)(O)CC2)c([N+](=O)[O-])c1. The number of ether oxygens (including phenoxy) is 3. The van der Waals surface area contributed by atoms with E-state index in [2.05, 4.69) is 67.9 Å². The number of aromatic nitrogens is 2. The predicted octanol–water partition coefficient (Wildman–Crippen LogP) is 9.26. The third-order valence-corrected chi connectivity index (χ3v) is 16.5. The number of hydrogen-bond donors (Lipinski definition) is 4. The summed E-state index contributed by atoms with van der Waals surface area (Å²) in [5.74, 6) is -0.550. The molecule has 18 heteroatoms. The largest absolute Gasteiger partial charge is 0.473 e. The van der Waals surface area contributed by atoms with Gasteiger partial charge in [-0.1, -0.05) is 44.5 Å². The number of nitro benzene ring substituents is 1. The Labute approximate surface area is 408 Å². The molecule has 9 rings (SSSR count). The van der Waals surface area contributed by atoms with Crippen LogP contribution in [-0.2, 0) is 14.8 Å². The number of sulfonamides is 1. The van der Waals surface area contributed by atoms with Crippen LogP contribution in [0.5, 0.6) is 17.4 Å². The third kappa shape index (κ3) is 10.5. The molecule has 2 aromatic heterocycles. The number of carbonyl (C=O) groups excluding carboxylic acids is 1. The lowest BCUT2D eigenvalue weighted by molar-refractivity contribution is -0.384. The zero-order valence-electron chi connectivity index (χ0n) is 40.3. The Morgan fingerprint density at radius 2 is 1.76 bits per heavy atom. The van der Waals surface area contributed by atoms with E-state index in [0.717, 1.165) is 69.8 Å². The maximum absolute atomic E-state index is 15.0. The number of fused-ring (bicyclic) bond motifs is 1. The van der Waals surface area contributed by atoms with E-state index in [4.69, 9.17) is 14.2 Å². The number of amides is 1. The highest BCUT2D eigenvalue weighted by atomic mass is 32.2. The Balaban J connectivity index is 0.945. The monoisotopic (exact) mass is 981 g/mol. The molecule has 2 aliphatic heterocycles. The minimum absolute atomic E-state index is 0.0150. The summed E-state index contributed by atoms with van der Waals surface area (Å²) >= 11 is 0. The van der Waals surface area contributed by atoms with Crippen LogP contribution in [0, 0.1) is 27.3 Å². The fourth-order valence-corrected chi connectivity index (χ4v) is 12.2. The van der Waals surface area contributed by atoms with Gasteiger partial charge in [-0.05, 0) is 117 Å². The van der Waals surface area contributed by atoms with E-state index in [1.165, 1.54) is 61.8 Å². The number of aromatic amines is 1. The van der Waals surface area contributed by atoms with Crippen LogP contribution in [0.2, 0.25) is 0 Å². The van der Waals surface area contributed by atoms with Crippen molar-refractivity contribution in [3.8, 4) is 17.4 Å². The summed E-state index contributed by atoms with van der Waals surface area (Å²) in [6.45, 7) is 10.6. The summed E-state index contributed by atoms with van der Waals surface area (Å²) in [7, 11) is -3.17. The first-order chi connectivity index (χ1) is 33.5. The van der Waals surface area contributed by atoms with Crippen molar-refractivity contribution in [1.29, 1.82) is 0 Å². The van der Waals surface area contributed by atoms with Gasteiger partial charge >= 0.3 is 0 Å². The molecule has 0 unspecified atom stereocenters. The van der Waals surface area contributed by atoms with Gasteiger partial charge in [-0.3, -0.25) is 19.8 Å². The van der Waals surface area contributed by atoms with Gasteiger partial charge in [-0.15, -0.1) is 0 Å². The van der Waals surface area contributed by atoms with Crippen LogP contribution in [-0.4, -0.2) is 104 Å². The molecular formula is C52H64FN7O9S. The second-order valence-electron chi connectivity index (χ2n) is 20.4. The first kappa shape index (κ1) is 49.2. The van der Waals surface area contributed by atoms with E-state index in [1.54, 1.807) is 19.1 Å². The topological polar surface area (TPSA) is 201 Å². The summed E-state index contributed by atoms with van der Waals surface area (Å²) in [5, 5.41) is 25.8. The van der Waals surface area contributed by atoms with Gasteiger partial charge in [0.05, 0.1) is 33.0 Å². The number of anilines is 2. The van der Waals surface area contributed by atoms with Crippen LogP contribution >= 0.6 is 0 Å². The van der Waals surface area contributed by atoms with Gasteiger partial charge in [-0.25, -0.2) is 17.5 Å². The number of likely N-dealkylation sites (tertiary alicyclic amines) is 1. The van der Waals surface area contributed by atoms with Crippen molar-refractivity contribution < 1.29 is 41.8 Å². The number of methoxy groups -OCH3 is 1. The minimum Gasteiger partial charge on any atom is -0.473 e. The number of nitro groups is 1. The lowest BCUT2D eigenvalue weighted by atomic mass is 9.70. The standard InChI is InChI=1S/C52H64FN7O9S/c1-33(2)37-8-5-6-9-38(37)39-10-7-11-44(39)59-31-52(32-59)20-22-58(23-21-52)35-12-14-40(46(26-35)69-47-28-41-42(53)30-55-48(41)56-50(47)68-25-24-67-4)49(61)57-70(65,66)36-13-15-43(45(27-36)60(63)64)54-29-34-16-18-51(3,62)19-17-34/h5-6,8-9,12-15,26-28,30,33-34,39,44,54,62H,7,10-11,16-25,29,31-32H2,1-4H3,(H,55,56)(H,57,61)/t34-,39-,44-,51-/m0/s1. The Morgan fingerprint density at radius 3 is 2.49 bits per heavy atom. The van der Waals surface area contributed by atoms with E-state index < -0.39 is 42.9 Å². The molecule has 374 valence electrons. The van der Waals surface area contributed by atoms with Crippen LogP contribution in [0.15, 0.2) is 77.8 Å². The van der Waals surface area contributed by atoms with Gasteiger partial charge in [0.1, 0.15) is 29.5 Å². The molecule has 2 atom stereocenters. The summed E-state index contributed by atoms with van der Waals surface area (Å²) in [6.07, 6.45) is 9.45. The number of nitrogens with zero attached hydrogens (tertiary/aromatic N) is 4. The molecule has 0 bridgehead atoms.